The lowest BCUT2D eigenvalue weighted by atomic mass is 9.92. The van der Waals surface area contributed by atoms with Gasteiger partial charge in [-0.1, -0.05) is 43.3 Å². The van der Waals surface area contributed by atoms with E-state index >= 15 is 0 Å². The van der Waals surface area contributed by atoms with Crippen LogP contribution in [0.15, 0.2) is 48.5 Å². The highest BCUT2D eigenvalue weighted by Gasteiger charge is 2.31. The molecule has 1 aliphatic rings. The molecule has 0 bridgehead atoms. The predicted octanol–water partition coefficient (Wildman–Crippen LogP) is 3.58. The van der Waals surface area contributed by atoms with Crippen LogP contribution in [0.5, 0.6) is 5.75 Å². The third kappa shape index (κ3) is 2.98. The van der Waals surface area contributed by atoms with Gasteiger partial charge in [-0.3, -0.25) is 0 Å². The summed E-state index contributed by atoms with van der Waals surface area (Å²) in [5.74, 6) is 1.81. The maximum absolute atomic E-state index is 5.87. The number of fused-ring (bicyclic) bond motifs is 1. The Kier molecular flexibility index (Phi) is 4.24. The summed E-state index contributed by atoms with van der Waals surface area (Å²) in [6.07, 6.45) is 1.89. The zero-order valence-corrected chi connectivity index (χ0v) is 15.0. The average Bonchev–Trinajstić information content (AvgIpc) is 3.07. The van der Waals surface area contributed by atoms with Crippen LogP contribution in [0.3, 0.4) is 0 Å². The Balaban J connectivity index is 1.72. The maximum atomic E-state index is 5.87. The maximum Gasteiger partial charge on any atom is 0.241 e. The number of benzene rings is 2. The Morgan fingerprint density at radius 2 is 2.00 bits per heavy atom. The molecule has 0 unspecified atom stereocenters. The Bertz CT molecular complexity index is 903. The van der Waals surface area contributed by atoms with E-state index in [-0.39, 0.29) is 18.0 Å². The summed E-state index contributed by atoms with van der Waals surface area (Å²) in [4.78, 5) is 4.37. The fourth-order valence-corrected chi connectivity index (χ4v) is 3.52. The zero-order valence-electron chi connectivity index (χ0n) is 15.0. The molecule has 6 heteroatoms. The minimum absolute atomic E-state index is 0.0435. The molecular formula is C20H23N5O. The number of methoxy groups -OCH3 is 1. The van der Waals surface area contributed by atoms with Gasteiger partial charge >= 0.3 is 0 Å². The van der Waals surface area contributed by atoms with Gasteiger partial charge in [0.25, 0.3) is 0 Å². The molecule has 0 spiro atoms. The second-order valence-electron chi connectivity index (χ2n) is 6.56. The lowest BCUT2D eigenvalue weighted by molar-refractivity contribution is 0.406. The summed E-state index contributed by atoms with van der Waals surface area (Å²) < 4.78 is 7.27. The molecule has 0 saturated heterocycles. The van der Waals surface area contributed by atoms with Crippen molar-refractivity contribution in [3.05, 3.63) is 65.2 Å². The van der Waals surface area contributed by atoms with Gasteiger partial charge in [-0.25, -0.2) is 4.68 Å². The molecule has 3 N–H and O–H groups in total. The minimum Gasteiger partial charge on any atom is -0.497 e. The Hall–Kier alpha value is -3.02. The molecule has 0 radical (unpaired) electrons. The Morgan fingerprint density at radius 3 is 2.73 bits per heavy atom. The summed E-state index contributed by atoms with van der Waals surface area (Å²) in [6, 6.07) is 17.0. The summed E-state index contributed by atoms with van der Waals surface area (Å²) in [7, 11) is 1.68. The monoisotopic (exact) mass is 349 g/mol. The van der Waals surface area contributed by atoms with Crippen LogP contribution in [0.25, 0.3) is 0 Å². The van der Waals surface area contributed by atoms with Crippen LogP contribution in [0.1, 0.15) is 42.1 Å². The highest BCUT2D eigenvalue weighted by Crippen LogP contribution is 2.38. The van der Waals surface area contributed by atoms with Crippen LogP contribution in [-0.2, 0) is 6.42 Å². The number of rotatable bonds is 4. The molecule has 1 aromatic heterocycles. The van der Waals surface area contributed by atoms with Crippen LogP contribution in [0.2, 0.25) is 0 Å². The van der Waals surface area contributed by atoms with Gasteiger partial charge in [0, 0.05) is 0 Å². The Labute approximate surface area is 153 Å². The van der Waals surface area contributed by atoms with E-state index in [1.165, 1.54) is 11.1 Å². The number of nitrogens with zero attached hydrogens (tertiary/aromatic N) is 3. The third-order valence-electron chi connectivity index (χ3n) is 4.97. The predicted molar refractivity (Wildman–Crippen MR) is 102 cm³/mol. The number of ether oxygens (including phenoxy) is 1. The van der Waals surface area contributed by atoms with Gasteiger partial charge in [0.1, 0.15) is 5.75 Å². The van der Waals surface area contributed by atoms with Crippen molar-refractivity contribution in [1.29, 1.82) is 0 Å². The molecule has 26 heavy (non-hydrogen) atoms. The summed E-state index contributed by atoms with van der Waals surface area (Å²) in [5, 5.41) is 7.88. The number of nitrogens with two attached hydrogens (primary N) is 1. The van der Waals surface area contributed by atoms with Crippen molar-refractivity contribution in [1.82, 2.24) is 14.8 Å². The van der Waals surface area contributed by atoms with Crippen molar-refractivity contribution in [2.75, 3.05) is 18.2 Å². The summed E-state index contributed by atoms with van der Waals surface area (Å²) in [5.41, 5.74) is 9.57. The first-order valence-electron chi connectivity index (χ1n) is 8.89. The second kappa shape index (κ2) is 6.71. The number of hydrogen-bond donors (Lipinski definition) is 2. The highest BCUT2D eigenvalue weighted by molar-refractivity contribution is 5.43. The van der Waals surface area contributed by atoms with Gasteiger partial charge in [-0.05, 0) is 41.7 Å². The van der Waals surface area contributed by atoms with Gasteiger partial charge in [-0.2, -0.15) is 4.98 Å². The van der Waals surface area contributed by atoms with Crippen molar-refractivity contribution < 1.29 is 4.74 Å². The van der Waals surface area contributed by atoms with E-state index in [0.29, 0.717) is 5.95 Å². The molecule has 134 valence electrons. The van der Waals surface area contributed by atoms with Gasteiger partial charge in [0.15, 0.2) is 0 Å². The second-order valence-corrected chi connectivity index (χ2v) is 6.56. The standard InChI is InChI=1S/C20H23N5O/c1-3-13-7-9-14(10-8-13)17-12-18(15-5-4-6-16(11-15)26-2)25-20(22-17)23-19(21)24-25/h4-11,17-18H,3,12H2,1-2H3,(H3,21,22,23,24)/t17-,18+/m1/s1. The third-order valence-corrected chi connectivity index (χ3v) is 4.97. The van der Waals surface area contributed by atoms with Crippen LogP contribution in [0.4, 0.5) is 11.9 Å². The molecule has 0 fully saturated rings. The first kappa shape index (κ1) is 16.4. The smallest absolute Gasteiger partial charge is 0.241 e. The minimum atomic E-state index is 0.0435. The highest BCUT2D eigenvalue weighted by atomic mass is 16.5. The number of hydrogen-bond acceptors (Lipinski definition) is 5. The van der Waals surface area contributed by atoms with Gasteiger partial charge < -0.3 is 15.8 Å². The average molecular weight is 349 g/mol. The molecule has 0 saturated carbocycles. The van der Waals surface area contributed by atoms with Gasteiger partial charge in [-0.15, -0.1) is 5.10 Å². The number of nitrogen functional groups attached to an aromatic ring is 1. The van der Waals surface area contributed by atoms with Gasteiger partial charge in [0.2, 0.25) is 11.9 Å². The number of anilines is 2. The van der Waals surface area contributed by atoms with E-state index in [1.807, 2.05) is 16.8 Å². The summed E-state index contributed by atoms with van der Waals surface area (Å²) in [6.45, 7) is 2.16. The molecular weight excluding hydrogens is 326 g/mol. The molecule has 4 rings (SSSR count). The van der Waals surface area contributed by atoms with Crippen LogP contribution in [-0.4, -0.2) is 21.9 Å². The quantitative estimate of drug-likeness (QED) is 0.753. The topological polar surface area (TPSA) is 78.0 Å². The molecule has 6 nitrogen and oxygen atoms in total. The van der Waals surface area contributed by atoms with Crippen LogP contribution < -0.4 is 15.8 Å². The van der Waals surface area contributed by atoms with E-state index in [9.17, 15) is 0 Å². The number of aromatic nitrogens is 3. The van der Waals surface area contributed by atoms with Crippen molar-refractivity contribution in [3.63, 3.8) is 0 Å². The fraction of sp³-hybridized carbons (Fsp3) is 0.300. The molecule has 3 aromatic rings. The zero-order chi connectivity index (χ0) is 18.1. The number of aryl methyl sites for hydroxylation is 1. The molecule has 2 atom stereocenters. The largest absolute Gasteiger partial charge is 0.497 e. The van der Waals surface area contributed by atoms with E-state index in [2.05, 4.69) is 58.7 Å². The van der Waals surface area contributed by atoms with Gasteiger partial charge in [0.05, 0.1) is 19.2 Å². The molecule has 0 aliphatic carbocycles. The van der Waals surface area contributed by atoms with Crippen LogP contribution >= 0.6 is 0 Å². The first-order valence-corrected chi connectivity index (χ1v) is 8.89. The Morgan fingerprint density at radius 1 is 1.19 bits per heavy atom. The lowest BCUT2D eigenvalue weighted by Crippen LogP contribution is -2.28. The van der Waals surface area contributed by atoms with E-state index in [4.69, 9.17) is 10.5 Å². The van der Waals surface area contributed by atoms with Crippen molar-refractivity contribution in [3.8, 4) is 5.75 Å². The lowest BCUT2D eigenvalue weighted by Gasteiger charge is -2.32. The number of nitrogens with one attached hydrogen (secondary N) is 1. The van der Waals surface area contributed by atoms with E-state index in [0.717, 1.165) is 24.2 Å². The first-order chi connectivity index (χ1) is 12.7. The van der Waals surface area contributed by atoms with Crippen molar-refractivity contribution in [2.45, 2.75) is 31.8 Å². The van der Waals surface area contributed by atoms with E-state index in [1.54, 1.807) is 7.11 Å². The summed E-state index contributed by atoms with van der Waals surface area (Å²) >= 11 is 0. The molecule has 2 aromatic carbocycles. The molecule has 2 heterocycles. The SMILES string of the molecule is CCc1ccc([C@H]2C[C@@H](c3cccc(OC)c3)n3nc(N)nc3N2)cc1. The van der Waals surface area contributed by atoms with Crippen molar-refractivity contribution >= 4 is 11.9 Å². The van der Waals surface area contributed by atoms with Crippen molar-refractivity contribution in [2.24, 2.45) is 0 Å². The van der Waals surface area contributed by atoms with E-state index < -0.39 is 0 Å². The fourth-order valence-electron chi connectivity index (χ4n) is 3.52. The van der Waals surface area contributed by atoms with Crippen LogP contribution in [0, 0.1) is 0 Å². The normalized spacial score (nSPS) is 18.8. The molecule has 0 amide bonds. The molecule has 1 aliphatic heterocycles.